The van der Waals surface area contributed by atoms with Crippen LogP contribution < -0.4 is 0 Å². The zero-order chi connectivity index (χ0) is 16.4. The average molecular weight is 324 g/mol. The molecule has 0 aromatic heterocycles. The molecule has 6 heteroatoms. The van der Waals surface area contributed by atoms with Crippen molar-refractivity contribution in [2.75, 3.05) is 26.2 Å². The van der Waals surface area contributed by atoms with Crippen LogP contribution in [0.4, 0.5) is 8.78 Å². The molecule has 3 rings (SSSR count). The van der Waals surface area contributed by atoms with E-state index in [0.29, 0.717) is 25.2 Å². The van der Waals surface area contributed by atoms with Crippen LogP contribution in [0, 0.1) is 11.6 Å². The summed E-state index contributed by atoms with van der Waals surface area (Å²) in [6.07, 6.45) is 3.33. The van der Waals surface area contributed by atoms with Crippen molar-refractivity contribution in [2.45, 2.75) is 37.8 Å². The Hall–Kier alpha value is -1.53. The van der Waals surface area contributed by atoms with Crippen molar-refractivity contribution in [3.8, 4) is 0 Å². The van der Waals surface area contributed by atoms with Crippen LogP contribution in [-0.2, 0) is 11.3 Å². The summed E-state index contributed by atoms with van der Waals surface area (Å²) in [5.41, 5.74) is -0.0215. The van der Waals surface area contributed by atoms with Gasteiger partial charge in [-0.05, 0) is 49.9 Å². The van der Waals surface area contributed by atoms with Gasteiger partial charge in [0.2, 0.25) is 5.91 Å². The summed E-state index contributed by atoms with van der Waals surface area (Å²) < 4.78 is 26.8. The molecule has 2 aliphatic heterocycles. The first-order valence-corrected chi connectivity index (χ1v) is 8.15. The Morgan fingerprint density at radius 3 is 2.39 bits per heavy atom. The molecule has 0 saturated carbocycles. The summed E-state index contributed by atoms with van der Waals surface area (Å²) in [6.45, 7) is 2.09. The van der Waals surface area contributed by atoms with Gasteiger partial charge in [0, 0.05) is 25.7 Å². The van der Waals surface area contributed by atoms with Crippen molar-refractivity contribution in [1.29, 1.82) is 0 Å². The van der Waals surface area contributed by atoms with E-state index in [1.807, 2.05) is 0 Å². The molecule has 1 spiro atoms. The van der Waals surface area contributed by atoms with Crippen LogP contribution in [0.5, 0.6) is 0 Å². The van der Waals surface area contributed by atoms with Crippen LogP contribution in [0.1, 0.15) is 31.2 Å². The molecule has 0 aliphatic carbocycles. The topological polar surface area (TPSA) is 43.8 Å². The number of halogens is 2. The number of hydrogen-bond donors (Lipinski definition) is 1. The van der Waals surface area contributed by atoms with E-state index in [-0.39, 0.29) is 12.5 Å². The van der Waals surface area contributed by atoms with E-state index in [0.717, 1.165) is 38.3 Å². The van der Waals surface area contributed by atoms with Gasteiger partial charge in [0.1, 0.15) is 17.2 Å². The van der Waals surface area contributed by atoms with Gasteiger partial charge in [-0.3, -0.25) is 9.69 Å². The molecule has 1 amide bonds. The molecule has 1 aromatic carbocycles. The maximum Gasteiger partial charge on any atom is 0.243 e. The largest absolute Gasteiger partial charge is 0.395 e. The van der Waals surface area contributed by atoms with Gasteiger partial charge < -0.3 is 10.0 Å². The molecule has 1 aromatic rings. The van der Waals surface area contributed by atoms with Crippen molar-refractivity contribution in [3.05, 3.63) is 35.4 Å². The Bertz CT molecular complexity index is 574. The highest BCUT2D eigenvalue weighted by atomic mass is 19.1. The number of β-amino-alcohol motifs (C(OH)–C–C–N with tert-alkyl or cyclic N) is 1. The molecule has 126 valence electrons. The second-order valence-electron chi connectivity index (χ2n) is 6.45. The minimum Gasteiger partial charge on any atom is -0.395 e. The van der Waals surface area contributed by atoms with Crippen LogP contribution in [0.25, 0.3) is 0 Å². The van der Waals surface area contributed by atoms with E-state index >= 15 is 0 Å². The lowest BCUT2D eigenvalue weighted by molar-refractivity contribution is -0.148. The predicted molar refractivity (Wildman–Crippen MR) is 81.6 cm³/mol. The van der Waals surface area contributed by atoms with E-state index in [2.05, 4.69) is 4.90 Å². The molecule has 2 aliphatic rings. The summed E-state index contributed by atoms with van der Waals surface area (Å²) in [5, 5.41) is 9.14. The fourth-order valence-corrected chi connectivity index (χ4v) is 4.01. The minimum absolute atomic E-state index is 0.0447. The fourth-order valence-electron chi connectivity index (χ4n) is 4.01. The van der Waals surface area contributed by atoms with Gasteiger partial charge in [0.25, 0.3) is 0 Å². The summed E-state index contributed by atoms with van der Waals surface area (Å²) in [7, 11) is 0. The third kappa shape index (κ3) is 3.10. The Kier molecular flexibility index (Phi) is 4.64. The summed E-state index contributed by atoms with van der Waals surface area (Å²) in [5.74, 6) is -1.14. The van der Waals surface area contributed by atoms with Crippen LogP contribution in [-0.4, -0.2) is 52.6 Å². The fraction of sp³-hybridized carbons (Fsp3) is 0.588. The average Bonchev–Trinajstić information content (AvgIpc) is 2.87. The molecule has 1 N–H and O–H groups in total. The van der Waals surface area contributed by atoms with Gasteiger partial charge in [-0.2, -0.15) is 0 Å². The van der Waals surface area contributed by atoms with E-state index in [1.165, 1.54) is 12.1 Å². The van der Waals surface area contributed by atoms with E-state index in [9.17, 15) is 13.6 Å². The SMILES string of the molecule is O=C1N(CCO)CCCC12CCCN2Cc1cc(F)cc(F)c1. The van der Waals surface area contributed by atoms with Gasteiger partial charge in [-0.1, -0.05) is 0 Å². The first-order valence-electron chi connectivity index (χ1n) is 8.15. The van der Waals surface area contributed by atoms with Gasteiger partial charge >= 0.3 is 0 Å². The first kappa shape index (κ1) is 16.3. The standard InChI is InChI=1S/C17H22F2N2O2/c18-14-9-13(10-15(19)11-14)12-21-6-2-4-17(21)3-1-5-20(7-8-22)16(17)23/h9-11,22H,1-8,12H2. The van der Waals surface area contributed by atoms with Crippen LogP contribution in [0.3, 0.4) is 0 Å². The first-order chi connectivity index (χ1) is 11.0. The highest BCUT2D eigenvalue weighted by Gasteiger charge is 2.50. The van der Waals surface area contributed by atoms with Gasteiger partial charge in [-0.15, -0.1) is 0 Å². The molecule has 1 atom stereocenters. The molecule has 0 bridgehead atoms. The highest BCUT2D eigenvalue weighted by Crippen LogP contribution is 2.39. The summed E-state index contributed by atoms with van der Waals surface area (Å²) in [6, 6.07) is 3.51. The van der Waals surface area contributed by atoms with Crippen molar-refractivity contribution >= 4 is 5.91 Å². The Labute approximate surface area is 134 Å². The number of carbonyl (C=O) groups excluding carboxylic acids is 1. The smallest absolute Gasteiger partial charge is 0.243 e. The van der Waals surface area contributed by atoms with Crippen molar-refractivity contribution in [3.63, 3.8) is 0 Å². The second-order valence-corrected chi connectivity index (χ2v) is 6.45. The molecule has 23 heavy (non-hydrogen) atoms. The van der Waals surface area contributed by atoms with Gasteiger partial charge in [0.05, 0.1) is 6.61 Å². The number of aliphatic hydroxyl groups is 1. The molecule has 1 unspecified atom stereocenters. The van der Waals surface area contributed by atoms with E-state index < -0.39 is 17.2 Å². The zero-order valence-electron chi connectivity index (χ0n) is 13.1. The van der Waals surface area contributed by atoms with Crippen molar-refractivity contribution in [2.24, 2.45) is 0 Å². The van der Waals surface area contributed by atoms with Crippen LogP contribution in [0.15, 0.2) is 18.2 Å². The maximum atomic E-state index is 13.4. The zero-order valence-corrected chi connectivity index (χ0v) is 13.1. The monoisotopic (exact) mass is 324 g/mol. The lowest BCUT2D eigenvalue weighted by Gasteiger charge is -2.44. The molecule has 2 heterocycles. The van der Waals surface area contributed by atoms with Crippen LogP contribution in [0.2, 0.25) is 0 Å². The van der Waals surface area contributed by atoms with E-state index in [1.54, 1.807) is 4.90 Å². The number of nitrogens with zero attached hydrogens (tertiary/aromatic N) is 2. The third-order valence-corrected chi connectivity index (χ3v) is 4.99. The van der Waals surface area contributed by atoms with Crippen LogP contribution >= 0.6 is 0 Å². The molecular formula is C17H22F2N2O2. The van der Waals surface area contributed by atoms with Gasteiger partial charge in [-0.25, -0.2) is 8.78 Å². The molecule has 2 fully saturated rings. The van der Waals surface area contributed by atoms with Gasteiger partial charge in [0.15, 0.2) is 0 Å². The molecular weight excluding hydrogens is 302 g/mol. The number of hydrogen-bond acceptors (Lipinski definition) is 3. The Balaban J connectivity index is 1.82. The molecule has 2 saturated heterocycles. The third-order valence-electron chi connectivity index (χ3n) is 4.99. The lowest BCUT2D eigenvalue weighted by atomic mass is 9.85. The Morgan fingerprint density at radius 2 is 1.74 bits per heavy atom. The van der Waals surface area contributed by atoms with E-state index in [4.69, 9.17) is 5.11 Å². The number of likely N-dealkylation sites (tertiary alicyclic amines) is 2. The number of carbonyl (C=O) groups is 1. The number of rotatable bonds is 4. The lowest BCUT2D eigenvalue weighted by Crippen LogP contribution is -2.60. The summed E-state index contributed by atoms with van der Waals surface area (Å²) >= 11 is 0. The number of piperidine rings is 1. The van der Waals surface area contributed by atoms with Crippen molar-refractivity contribution < 1.29 is 18.7 Å². The molecule has 0 radical (unpaired) electrons. The molecule has 4 nitrogen and oxygen atoms in total. The van der Waals surface area contributed by atoms with Crippen molar-refractivity contribution in [1.82, 2.24) is 9.80 Å². The maximum absolute atomic E-state index is 13.4. The normalized spacial score (nSPS) is 25.5. The number of amides is 1. The Morgan fingerprint density at radius 1 is 1.09 bits per heavy atom. The number of aliphatic hydroxyl groups excluding tert-OH is 1. The minimum atomic E-state index is -0.592. The number of benzene rings is 1. The predicted octanol–water partition coefficient (Wildman–Crippen LogP) is 1.91. The highest BCUT2D eigenvalue weighted by molar-refractivity contribution is 5.87. The summed E-state index contributed by atoms with van der Waals surface area (Å²) in [4.78, 5) is 16.7. The second kappa shape index (κ2) is 6.53. The quantitative estimate of drug-likeness (QED) is 0.920.